The minimum atomic E-state index is 0.0109. The molecule has 0 saturated heterocycles. The van der Waals surface area contributed by atoms with Gasteiger partial charge in [-0.05, 0) is 42.8 Å². The standard InChI is InChI=1S/C19H22N2O3/c1-14-18-5-4-8-20(18)9-10-21(14)19(22)7-6-15-11-16(23-2)13-17(12-15)24-3/h4-8,11-14H,9-10H2,1-3H3/b7-6+/t14-/m0/s1. The summed E-state index contributed by atoms with van der Waals surface area (Å²) in [7, 11) is 3.22. The summed E-state index contributed by atoms with van der Waals surface area (Å²) in [6, 6.07) is 9.72. The topological polar surface area (TPSA) is 43.7 Å². The van der Waals surface area contributed by atoms with Gasteiger partial charge in [-0.25, -0.2) is 0 Å². The maximum Gasteiger partial charge on any atom is 0.247 e. The van der Waals surface area contributed by atoms with Crippen molar-refractivity contribution in [2.24, 2.45) is 0 Å². The molecule has 126 valence electrons. The van der Waals surface area contributed by atoms with E-state index < -0.39 is 0 Å². The van der Waals surface area contributed by atoms with Gasteiger partial charge < -0.3 is 18.9 Å². The van der Waals surface area contributed by atoms with Gasteiger partial charge >= 0.3 is 0 Å². The summed E-state index contributed by atoms with van der Waals surface area (Å²) in [5, 5.41) is 0. The number of methoxy groups -OCH3 is 2. The molecule has 0 radical (unpaired) electrons. The molecule has 1 aliphatic rings. The maximum atomic E-state index is 12.6. The van der Waals surface area contributed by atoms with E-state index in [2.05, 4.69) is 23.8 Å². The molecule has 1 aromatic heterocycles. The van der Waals surface area contributed by atoms with Gasteiger partial charge in [0.1, 0.15) is 11.5 Å². The van der Waals surface area contributed by atoms with Crippen molar-refractivity contribution in [3.8, 4) is 11.5 Å². The molecule has 0 bridgehead atoms. The van der Waals surface area contributed by atoms with Gasteiger partial charge in [0.15, 0.2) is 0 Å². The van der Waals surface area contributed by atoms with Crippen LogP contribution in [0.2, 0.25) is 0 Å². The lowest BCUT2D eigenvalue weighted by Gasteiger charge is -2.34. The van der Waals surface area contributed by atoms with E-state index in [1.54, 1.807) is 32.4 Å². The number of ether oxygens (including phenoxy) is 2. The number of amides is 1. The summed E-state index contributed by atoms with van der Waals surface area (Å²) < 4.78 is 12.7. The van der Waals surface area contributed by atoms with Crippen molar-refractivity contribution in [2.45, 2.75) is 19.5 Å². The lowest BCUT2D eigenvalue weighted by molar-refractivity contribution is -0.129. The Labute approximate surface area is 142 Å². The summed E-state index contributed by atoms with van der Waals surface area (Å²) in [5.41, 5.74) is 2.04. The number of rotatable bonds is 4. The number of hydrogen-bond acceptors (Lipinski definition) is 3. The number of carbonyl (C=O) groups excluding carboxylic acids is 1. The molecule has 0 saturated carbocycles. The molecule has 5 heteroatoms. The lowest BCUT2D eigenvalue weighted by atomic mass is 10.1. The van der Waals surface area contributed by atoms with Crippen LogP contribution in [0.4, 0.5) is 0 Å². The fourth-order valence-corrected chi connectivity index (χ4v) is 3.07. The molecule has 0 N–H and O–H groups in total. The number of hydrogen-bond donors (Lipinski definition) is 0. The van der Waals surface area contributed by atoms with Crippen LogP contribution in [-0.4, -0.2) is 36.1 Å². The van der Waals surface area contributed by atoms with Crippen LogP contribution < -0.4 is 9.47 Å². The average Bonchev–Trinajstić information content (AvgIpc) is 3.09. The molecule has 1 atom stereocenters. The first-order valence-electron chi connectivity index (χ1n) is 7.99. The molecule has 2 aromatic rings. The molecule has 0 aliphatic carbocycles. The van der Waals surface area contributed by atoms with Crippen LogP contribution in [-0.2, 0) is 11.3 Å². The van der Waals surface area contributed by atoms with E-state index in [9.17, 15) is 4.79 Å². The minimum Gasteiger partial charge on any atom is -0.497 e. The van der Waals surface area contributed by atoms with E-state index in [-0.39, 0.29) is 11.9 Å². The van der Waals surface area contributed by atoms with Gasteiger partial charge in [0.25, 0.3) is 0 Å². The third kappa shape index (κ3) is 3.15. The molecule has 1 aromatic carbocycles. The molecule has 2 heterocycles. The SMILES string of the molecule is COc1cc(/C=C/C(=O)N2CCn3cccc3[C@@H]2C)cc(OC)c1. The van der Waals surface area contributed by atoms with Crippen LogP contribution in [0.1, 0.15) is 24.2 Å². The number of fused-ring (bicyclic) bond motifs is 1. The Morgan fingerprint density at radius 3 is 2.54 bits per heavy atom. The Morgan fingerprint density at radius 1 is 1.17 bits per heavy atom. The van der Waals surface area contributed by atoms with Crippen molar-refractivity contribution in [1.82, 2.24) is 9.47 Å². The van der Waals surface area contributed by atoms with E-state index >= 15 is 0 Å². The van der Waals surface area contributed by atoms with Crippen LogP contribution in [0.25, 0.3) is 6.08 Å². The molecule has 0 unspecified atom stereocenters. The zero-order valence-corrected chi connectivity index (χ0v) is 14.2. The largest absolute Gasteiger partial charge is 0.497 e. The van der Waals surface area contributed by atoms with Crippen LogP contribution in [0.3, 0.4) is 0 Å². The third-order valence-corrected chi connectivity index (χ3v) is 4.42. The Kier molecular flexibility index (Phi) is 4.60. The minimum absolute atomic E-state index is 0.0109. The molecular weight excluding hydrogens is 304 g/mol. The predicted molar refractivity (Wildman–Crippen MR) is 93.1 cm³/mol. The summed E-state index contributed by atoms with van der Waals surface area (Å²) in [6.07, 6.45) is 5.48. The molecule has 1 amide bonds. The van der Waals surface area contributed by atoms with Crippen LogP contribution >= 0.6 is 0 Å². The summed E-state index contributed by atoms with van der Waals surface area (Å²) >= 11 is 0. The highest BCUT2D eigenvalue weighted by atomic mass is 16.5. The highest BCUT2D eigenvalue weighted by molar-refractivity contribution is 5.92. The van der Waals surface area contributed by atoms with E-state index in [4.69, 9.17) is 9.47 Å². The van der Waals surface area contributed by atoms with E-state index in [1.165, 1.54) is 5.69 Å². The fraction of sp³-hybridized carbons (Fsp3) is 0.316. The zero-order chi connectivity index (χ0) is 17.1. The van der Waals surface area contributed by atoms with E-state index in [0.717, 1.165) is 12.1 Å². The Hall–Kier alpha value is -2.69. The highest BCUT2D eigenvalue weighted by Crippen LogP contribution is 2.26. The number of carbonyl (C=O) groups is 1. The Bertz CT molecular complexity index is 741. The van der Waals surface area contributed by atoms with E-state index in [1.807, 2.05) is 23.1 Å². The number of benzene rings is 1. The predicted octanol–water partition coefficient (Wildman–Crippen LogP) is 3.12. The Balaban J connectivity index is 1.76. The van der Waals surface area contributed by atoms with Crippen LogP contribution in [0.15, 0.2) is 42.6 Å². The Morgan fingerprint density at radius 2 is 1.88 bits per heavy atom. The van der Waals surface area contributed by atoms with Gasteiger partial charge in [-0.2, -0.15) is 0 Å². The van der Waals surface area contributed by atoms with Crippen molar-refractivity contribution in [3.63, 3.8) is 0 Å². The smallest absolute Gasteiger partial charge is 0.247 e. The zero-order valence-electron chi connectivity index (χ0n) is 14.2. The first kappa shape index (κ1) is 16.2. The second kappa shape index (κ2) is 6.83. The number of nitrogens with zero attached hydrogens (tertiary/aromatic N) is 2. The number of aromatic nitrogens is 1. The second-order valence-electron chi connectivity index (χ2n) is 5.81. The lowest BCUT2D eigenvalue weighted by Crippen LogP contribution is -2.39. The normalized spacial score (nSPS) is 17.0. The first-order valence-corrected chi connectivity index (χ1v) is 7.99. The van der Waals surface area contributed by atoms with Crippen molar-refractivity contribution < 1.29 is 14.3 Å². The molecule has 0 spiro atoms. The first-order chi connectivity index (χ1) is 11.6. The second-order valence-corrected chi connectivity index (χ2v) is 5.81. The summed E-state index contributed by atoms with van der Waals surface area (Å²) in [6.45, 7) is 3.61. The summed E-state index contributed by atoms with van der Waals surface area (Å²) in [5.74, 6) is 1.41. The fourth-order valence-electron chi connectivity index (χ4n) is 3.07. The van der Waals surface area contributed by atoms with Gasteiger partial charge in [0.05, 0.1) is 20.3 Å². The van der Waals surface area contributed by atoms with Gasteiger partial charge in [-0.1, -0.05) is 0 Å². The average molecular weight is 326 g/mol. The van der Waals surface area contributed by atoms with Gasteiger partial charge in [0.2, 0.25) is 5.91 Å². The van der Waals surface area contributed by atoms with Gasteiger partial charge in [-0.3, -0.25) is 4.79 Å². The monoisotopic (exact) mass is 326 g/mol. The van der Waals surface area contributed by atoms with Crippen molar-refractivity contribution in [3.05, 3.63) is 53.9 Å². The molecule has 1 aliphatic heterocycles. The van der Waals surface area contributed by atoms with Crippen LogP contribution in [0.5, 0.6) is 11.5 Å². The molecular formula is C19H22N2O3. The maximum absolute atomic E-state index is 12.6. The van der Waals surface area contributed by atoms with Crippen molar-refractivity contribution in [2.75, 3.05) is 20.8 Å². The third-order valence-electron chi connectivity index (χ3n) is 4.42. The molecule has 3 rings (SSSR count). The van der Waals surface area contributed by atoms with Crippen LogP contribution in [0, 0.1) is 0 Å². The summed E-state index contributed by atoms with van der Waals surface area (Å²) in [4.78, 5) is 14.5. The molecule has 0 fully saturated rings. The highest BCUT2D eigenvalue weighted by Gasteiger charge is 2.25. The molecule has 24 heavy (non-hydrogen) atoms. The van der Waals surface area contributed by atoms with Gasteiger partial charge in [0, 0.05) is 37.1 Å². The van der Waals surface area contributed by atoms with E-state index in [0.29, 0.717) is 18.0 Å². The van der Waals surface area contributed by atoms with Crippen molar-refractivity contribution >= 4 is 12.0 Å². The molecule has 5 nitrogen and oxygen atoms in total. The quantitative estimate of drug-likeness (QED) is 0.811. The van der Waals surface area contributed by atoms with Crippen molar-refractivity contribution in [1.29, 1.82) is 0 Å². The van der Waals surface area contributed by atoms with Gasteiger partial charge in [-0.15, -0.1) is 0 Å².